The van der Waals surface area contributed by atoms with Crippen molar-refractivity contribution in [1.29, 1.82) is 0 Å². The van der Waals surface area contributed by atoms with Gasteiger partial charge in [0.1, 0.15) is 37.7 Å². The Morgan fingerprint density at radius 3 is 2.12 bits per heavy atom. The number of aryl methyl sites for hydroxylation is 1. The Balaban J connectivity index is 0.905. The number of carbonyl (C=O) groups excluding carboxylic acids is 4. The number of benzene rings is 4. The number of likely N-dealkylation sites (N-methyl/N-ethyl adjacent to an activating group) is 1. The van der Waals surface area contributed by atoms with Gasteiger partial charge in [-0.1, -0.05) is 118 Å². The van der Waals surface area contributed by atoms with Crippen molar-refractivity contribution in [2.75, 3.05) is 59.1 Å². The van der Waals surface area contributed by atoms with E-state index >= 15 is 0 Å². The summed E-state index contributed by atoms with van der Waals surface area (Å²) in [6.07, 6.45) is -0.106. The third-order valence-electron chi connectivity index (χ3n) is 11.6. The minimum absolute atomic E-state index is 0.0334. The molecular formula is C53H62ClN5O8S. The Morgan fingerprint density at radius 1 is 0.868 bits per heavy atom. The van der Waals surface area contributed by atoms with Crippen LogP contribution in [0.15, 0.2) is 115 Å². The molecule has 360 valence electrons. The maximum Gasteiger partial charge on any atom is 0.248 e. The molecule has 3 N–H and O–H groups in total. The molecule has 0 bridgehead atoms. The van der Waals surface area contributed by atoms with E-state index in [2.05, 4.69) is 39.9 Å². The molecule has 4 aromatic carbocycles. The second kappa shape index (κ2) is 24.9. The van der Waals surface area contributed by atoms with Gasteiger partial charge in [-0.2, -0.15) is 0 Å². The van der Waals surface area contributed by atoms with E-state index in [0.29, 0.717) is 24.6 Å². The summed E-state index contributed by atoms with van der Waals surface area (Å²) in [7, 11) is 1.67. The first-order chi connectivity index (χ1) is 32.7. The number of allylic oxidation sites excluding steroid dienone is 1. The van der Waals surface area contributed by atoms with Crippen LogP contribution in [0.3, 0.4) is 0 Å². The lowest BCUT2D eigenvalue weighted by molar-refractivity contribution is -0.144. The molecule has 0 radical (unpaired) electrons. The quantitative estimate of drug-likeness (QED) is 0.0366. The summed E-state index contributed by atoms with van der Waals surface area (Å²) in [5, 5.41) is 16.3. The van der Waals surface area contributed by atoms with Crippen molar-refractivity contribution >= 4 is 57.7 Å². The van der Waals surface area contributed by atoms with Crippen LogP contribution < -0.4 is 15.4 Å². The monoisotopic (exact) mass is 963 g/mol. The number of thiazole rings is 1. The number of β-amino-alcohol motifs (C(OH)–C–C–N with tert-alkyl or cyclic N) is 1. The van der Waals surface area contributed by atoms with E-state index in [-0.39, 0.29) is 64.4 Å². The van der Waals surface area contributed by atoms with Crippen molar-refractivity contribution in [3.05, 3.63) is 143 Å². The average molecular weight is 965 g/mol. The number of alkyl halides is 1. The molecular weight excluding hydrogens is 902 g/mol. The number of nitrogens with zero attached hydrogens (tertiary/aromatic N) is 3. The lowest BCUT2D eigenvalue weighted by atomic mass is 9.85. The smallest absolute Gasteiger partial charge is 0.248 e. The molecule has 15 heteroatoms. The number of likely N-dealkylation sites (tertiary alicyclic amines) is 1. The van der Waals surface area contributed by atoms with E-state index in [9.17, 15) is 24.3 Å². The molecule has 1 fully saturated rings. The second-order valence-electron chi connectivity index (χ2n) is 17.8. The van der Waals surface area contributed by atoms with Crippen LogP contribution in [0.25, 0.3) is 21.6 Å². The molecule has 1 aliphatic heterocycles. The first kappa shape index (κ1) is 51.5. The Morgan fingerprint density at radius 2 is 1.50 bits per heavy atom. The number of aliphatic hydroxyl groups excluding tert-OH is 1. The molecule has 0 spiro atoms. The number of aromatic nitrogens is 1. The van der Waals surface area contributed by atoms with Gasteiger partial charge in [-0.15, -0.1) is 22.9 Å². The normalized spacial score (nSPS) is 15.6. The summed E-state index contributed by atoms with van der Waals surface area (Å²) in [5.41, 5.74) is 9.49. The predicted molar refractivity (Wildman–Crippen MR) is 267 cm³/mol. The van der Waals surface area contributed by atoms with E-state index in [0.717, 1.165) is 49.5 Å². The van der Waals surface area contributed by atoms with Gasteiger partial charge in [-0.25, -0.2) is 4.98 Å². The molecule has 6 rings (SSSR count). The van der Waals surface area contributed by atoms with Gasteiger partial charge in [-0.05, 0) is 69.9 Å². The van der Waals surface area contributed by atoms with Gasteiger partial charge in [0, 0.05) is 32.4 Å². The minimum Gasteiger partial charge on any atom is -0.492 e. The third kappa shape index (κ3) is 14.3. The van der Waals surface area contributed by atoms with Crippen LogP contribution in [0.1, 0.15) is 61.6 Å². The van der Waals surface area contributed by atoms with Crippen molar-refractivity contribution in [3.63, 3.8) is 0 Å². The molecule has 4 amide bonds. The summed E-state index contributed by atoms with van der Waals surface area (Å²) in [5.74, 6) is -0.466. The molecule has 0 aliphatic carbocycles. The number of hydrogen-bond donors (Lipinski definition) is 3. The molecule has 1 aliphatic rings. The molecule has 1 saturated heterocycles. The van der Waals surface area contributed by atoms with Gasteiger partial charge in [0.15, 0.2) is 0 Å². The number of nitrogens with one attached hydrogen (secondary N) is 2. The Kier molecular flexibility index (Phi) is 18.9. The number of ether oxygens (including phenoxy) is 3. The largest absolute Gasteiger partial charge is 0.492 e. The van der Waals surface area contributed by atoms with Gasteiger partial charge >= 0.3 is 0 Å². The second-order valence-corrected chi connectivity index (χ2v) is 19.0. The summed E-state index contributed by atoms with van der Waals surface area (Å²) in [6, 6.07) is 34.4. The Labute approximate surface area is 408 Å². The predicted octanol–water partition coefficient (Wildman–Crippen LogP) is 7.39. The highest BCUT2D eigenvalue weighted by Gasteiger charge is 2.44. The molecule has 1 aromatic heterocycles. The zero-order chi connectivity index (χ0) is 48.6. The van der Waals surface area contributed by atoms with Crippen LogP contribution in [0.5, 0.6) is 5.75 Å². The first-order valence-electron chi connectivity index (χ1n) is 22.8. The van der Waals surface area contributed by atoms with Crippen LogP contribution in [-0.4, -0.2) is 121 Å². The molecule has 3 atom stereocenters. The fourth-order valence-electron chi connectivity index (χ4n) is 7.95. The number of carbonyl (C=O) groups is 4. The first-order valence-corrected chi connectivity index (χ1v) is 24.2. The van der Waals surface area contributed by atoms with E-state index in [1.807, 2.05) is 118 Å². The number of rotatable bonds is 22. The third-order valence-corrected chi connectivity index (χ3v) is 12.8. The highest BCUT2D eigenvalue weighted by Crippen LogP contribution is 2.35. The van der Waals surface area contributed by atoms with Gasteiger partial charge in [0.25, 0.3) is 0 Å². The van der Waals surface area contributed by atoms with Crippen molar-refractivity contribution in [2.24, 2.45) is 5.41 Å². The number of halogens is 1. The SMILES string of the molecule is Cc1ncsc1-c1ccc(CNC(=O)[C@@H]2C[C@@H](O)CN2C(=O)[C@@H](NC(=O)COCCOCC(=O)N(C)CCOc2ccc(/C(=C(/CCCl)c3ccccc3)c3ccccc3)cc2)C(C)(C)C)cc1. The van der Waals surface area contributed by atoms with E-state index in [4.69, 9.17) is 25.8 Å². The molecule has 2 heterocycles. The lowest BCUT2D eigenvalue weighted by Crippen LogP contribution is -2.58. The zero-order valence-electron chi connectivity index (χ0n) is 39.4. The topological polar surface area (TPSA) is 160 Å². The van der Waals surface area contributed by atoms with Crippen molar-refractivity contribution in [2.45, 2.75) is 65.3 Å². The molecule has 0 saturated carbocycles. The van der Waals surface area contributed by atoms with E-state index in [1.54, 1.807) is 18.4 Å². The molecule has 13 nitrogen and oxygen atoms in total. The van der Waals surface area contributed by atoms with E-state index < -0.39 is 35.4 Å². The van der Waals surface area contributed by atoms with Crippen molar-refractivity contribution < 1.29 is 38.5 Å². The number of amides is 4. The summed E-state index contributed by atoms with van der Waals surface area (Å²) in [6.45, 7) is 7.78. The molecule has 0 unspecified atom stereocenters. The standard InChI is InChI=1S/C53H62ClN5O8S/c1-36-49(68-35-56-36)41-18-16-37(17-19-41)31-55-51(63)45-30-42(60)32-59(45)52(64)50(53(2,3)4)57-46(61)33-65-28-29-66-34-47(62)58(5)26-27-67-43-22-20-40(21-23-43)48(39-14-10-7-11-15-39)44(24-25-54)38-12-8-6-9-13-38/h6-23,35,42,45,50,60H,24-34H2,1-5H3,(H,55,63)(H,57,61)/b48-44-/t42-,45+,50-/m1/s1. The fourth-order valence-corrected chi connectivity index (χ4v) is 8.95. The maximum absolute atomic E-state index is 14.0. The maximum atomic E-state index is 14.0. The van der Waals surface area contributed by atoms with Gasteiger partial charge in [0.05, 0.1) is 41.9 Å². The van der Waals surface area contributed by atoms with Crippen LogP contribution in [0, 0.1) is 12.3 Å². The molecule has 68 heavy (non-hydrogen) atoms. The van der Waals surface area contributed by atoms with Crippen LogP contribution in [0.2, 0.25) is 0 Å². The van der Waals surface area contributed by atoms with Crippen molar-refractivity contribution in [3.8, 4) is 16.2 Å². The highest BCUT2D eigenvalue weighted by atomic mass is 35.5. The summed E-state index contributed by atoms with van der Waals surface area (Å²) >= 11 is 7.88. The Bertz CT molecular complexity index is 2460. The zero-order valence-corrected chi connectivity index (χ0v) is 41.0. The van der Waals surface area contributed by atoms with Gasteiger partial charge < -0.3 is 39.8 Å². The molecule has 5 aromatic rings. The number of hydrogen-bond acceptors (Lipinski definition) is 10. The summed E-state index contributed by atoms with van der Waals surface area (Å²) < 4.78 is 17.1. The number of aliphatic hydroxyl groups is 1. The van der Waals surface area contributed by atoms with E-state index in [1.165, 1.54) is 9.80 Å². The van der Waals surface area contributed by atoms with Gasteiger partial charge in [-0.3, -0.25) is 19.2 Å². The van der Waals surface area contributed by atoms with Crippen LogP contribution in [-0.2, 0) is 35.2 Å². The van der Waals surface area contributed by atoms with Crippen LogP contribution in [0.4, 0.5) is 0 Å². The van der Waals surface area contributed by atoms with Crippen LogP contribution >= 0.6 is 22.9 Å². The average Bonchev–Trinajstić information content (AvgIpc) is 3.96. The van der Waals surface area contributed by atoms with Gasteiger partial charge in [0.2, 0.25) is 23.6 Å². The minimum atomic E-state index is -1.00. The fraction of sp³-hybridized carbons (Fsp3) is 0.377. The highest BCUT2D eigenvalue weighted by molar-refractivity contribution is 7.13. The Hall–Kier alpha value is -5.90. The lowest BCUT2D eigenvalue weighted by Gasteiger charge is -2.35. The summed E-state index contributed by atoms with van der Waals surface area (Å²) in [4.78, 5) is 61.5. The van der Waals surface area contributed by atoms with Crippen molar-refractivity contribution in [1.82, 2.24) is 25.4 Å².